The number of hydrogen-bond acceptors (Lipinski definition) is 6. The number of ether oxygens (including phenoxy) is 1. The lowest BCUT2D eigenvalue weighted by atomic mass is 10.0. The minimum Gasteiger partial charge on any atom is -0.481 e. The summed E-state index contributed by atoms with van der Waals surface area (Å²) in [5.74, 6) is -0.826. The molecule has 3 heterocycles. The summed E-state index contributed by atoms with van der Waals surface area (Å²) in [4.78, 5) is 18.6. The lowest BCUT2D eigenvalue weighted by molar-refractivity contribution is -0.138. The van der Waals surface area contributed by atoms with Crippen molar-refractivity contribution in [2.75, 3.05) is 12.3 Å². The number of nitrogen functional groups attached to an aromatic ring is 1. The molecule has 8 nitrogen and oxygen atoms in total. The molecule has 0 aliphatic carbocycles. The fraction of sp³-hybridized carbons (Fsp3) is 0.318. The van der Waals surface area contributed by atoms with E-state index in [1.807, 2.05) is 47.2 Å². The van der Waals surface area contributed by atoms with Crippen molar-refractivity contribution in [3.05, 3.63) is 53.4 Å². The number of terminal acetylenes is 1. The molecule has 0 radical (unpaired) electrons. The first kappa shape index (κ1) is 24.2. The number of rotatable bonds is 4. The van der Waals surface area contributed by atoms with Crippen LogP contribution in [0.5, 0.6) is 0 Å². The highest BCUT2D eigenvalue weighted by molar-refractivity contribution is 6.28. The summed E-state index contributed by atoms with van der Waals surface area (Å²) in [5, 5.41) is 18.6. The van der Waals surface area contributed by atoms with Gasteiger partial charge in [-0.1, -0.05) is 30.3 Å². The molecule has 0 amide bonds. The van der Waals surface area contributed by atoms with Gasteiger partial charge in [-0.3, -0.25) is 4.79 Å². The van der Waals surface area contributed by atoms with Crippen molar-refractivity contribution in [3.63, 3.8) is 0 Å². The molecule has 1 saturated heterocycles. The molecule has 31 heavy (non-hydrogen) atoms. The molecule has 1 aliphatic rings. The van der Waals surface area contributed by atoms with Gasteiger partial charge in [0.2, 0.25) is 5.28 Å². The van der Waals surface area contributed by atoms with Crippen LogP contribution in [0, 0.1) is 12.8 Å². The number of hydrogen-bond donors (Lipinski definition) is 3. The predicted octanol–water partition coefficient (Wildman–Crippen LogP) is 3.46. The van der Waals surface area contributed by atoms with Crippen LogP contribution in [0.15, 0.2) is 42.6 Å². The zero-order valence-electron chi connectivity index (χ0n) is 17.1. The number of carboxylic acids is 1. The zero-order valence-corrected chi connectivity index (χ0v) is 17.8. The Bertz CT molecular complexity index is 1020. The van der Waals surface area contributed by atoms with E-state index in [2.05, 4.69) is 22.8 Å². The highest BCUT2D eigenvalue weighted by atomic mass is 35.5. The largest absolute Gasteiger partial charge is 0.481 e. The van der Waals surface area contributed by atoms with Crippen LogP contribution in [0.3, 0.4) is 0 Å². The molecular weight excluding hydrogens is 420 g/mol. The van der Waals surface area contributed by atoms with E-state index in [0.717, 1.165) is 23.8 Å². The summed E-state index contributed by atoms with van der Waals surface area (Å²) in [7, 11) is 0. The highest BCUT2D eigenvalue weighted by Crippen LogP contribution is 2.32. The van der Waals surface area contributed by atoms with Crippen molar-refractivity contribution < 1.29 is 19.7 Å². The quantitative estimate of drug-likeness (QED) is 0.415. The number of aliphatic hydroxyl groups excluding tert-OH is 1. The van der Waals surface area contributed by atoms with Crippen molar-refractivity contribution in [2.45, 2.75) is 38.0 Å². The van der Waals surface area contributed by atoms with Crippen LogP contribution >= 0.6 is 11.6 Å². The number of nitrogens with two attached hydrogens (primary N) is 1. The monoisotopic (exact) mass is 444 g/mol. The van der Waals surface area contributed by atoms with Crippen LogP contribution in [0.1, 0.15) is 37.5 Å². The molecule has 0 bridgehead atoms. The van der Waals surface area contributed by atoms with Crippen molar-refractivity contribution in [2.24, 2.45) is 0 Å². The van der Waals surface area contributed by atoms with E-state index in [9.17, 15) is 4.79 Å². The first-order valence-corrected chi connectivity index (χ1v) is 9.95. The Kier molecular flexibility index (Phi) is 8.82. The van der Waals surface area contributed by atoms with Gasteiger partial charge in [-0.25, -0.2) is 4.98 Å². The Hall–Kier alpha value is -3.12. The van der Waals surface area contributed by atoms with Crippen LogP contribution in [-0.4, -0.2) is 43.4 Å². The number of carboxylic acid groups (broad SMARTS) is 1. The number of halogens is 1. The summed E-state index contributed by atoms with van der Waals surface area (Å²) < 4.78 is 7.60. The zero-order chi connectivity index (χ0) is 23.0. The van der Waals surface area contributed by atoms with Crippen LogP contribution < -0.4 is 5.73 Å². The normalized spacial score (nSPS) is 18.4. The van der Waals surface area contributed by atoms with Gasteiger partial charge in [-0.05, 0) is 43.0 Å². The molecule has 1 fully saturated rings. The SMILES string of the molecule is C#C.CC(C(=O)O)c1ccccc1.Nc1nc(Cl)nc2c1ccn2[C@H]1CCC(CO)O1. The van der Waals surface area contributed by atoms with Gasteiger partial charge in [-0.2, -0.15) is 4.98 Å². The van der Waals surface area contributed by atoms with Gasteiger partial charge in [0.1, 0.15) is 17.7 Å². The Balaban J connectivity index is 0.000000226. The van der Waals surface area contributed by atoms with Gasteiger partial charge in [0.15, 0.2) is 0 Å². The van der Waals surface area contributed by atoms with E-state index in [4.69, 9.17) is 32.3 Å². The maximum Gasteiger partial charge on any atom is 0.310 e. The third-order valence-electron chi connectivity index (χ3n) is 4.84. The van der Waals surface area contributed by atoms with E-state index < -0.39 is 11.9 Å². The van der Waals surface area contributed by atoms with Gasteiger partial charge in [0.25, 0.3) is 0 Å². The van der Waals surface area contributed by atoms with Gasteiger partial charge in [0.05, 0.1) is 24.0 Å². The third kappa shape index (κ3) is 5.95. The number of fused-ring (bicyclic) bond motifs is 1. The van der Waals surface area contributed by atoms with Crippen LogP contribution in [0.2, 0.25) is 5.28 Å². The second-order valence-corrected chi connectivity index (χ2v) is 7.12. The van der Waals surface area contributed by atoms with Crippen molar-refractivity contribution in [3.8, 4) is 12.8 Å². The van der Waals surface area contributed by atoms with Crippen molar-refractivity contribution in [1.29, 1.82) is 0 Å². The molecule has 4 N–H and O–H groups in total. The fourth-order valence-corrected chi connectivity index (χ4v) is 3.34. The van der Waals surface area contributed by atoms with Gasteiger partial charge >= 0.3 is 5.97 Å². The first-order valence-electron chi connectivity index (χ1n) is 9.57. The fourth-order valence-electron chi connectivity index (χ4n) is 3.17. The Morgan fingerprint density at radius 3 is 2.55 bits per heavy atom. The van der Waals surface area contributed by atoms with Crippen LogP contribution in [0.25, 0.3) is 11.0 Å². The average molecular weight is 445 g/mol. The topological polar surface area (TPSA) is 123 Å². The Morgan fingerprint density at radius 2 is 1.97 bits per heavy atom. The Labute approximate surface area is 185 Å². The number of anilines is 1. The molecule has 3 aromatic rings. The summed E-state index contributed by atoms with van der Waals surface area (Å²) in [6.07, 6.45) is 11.3. The second kappa shape index (κ2) is 11.3. The van der Waals surface area contributed by atoms with Gasteiger partial charge in [0, 0.05) is 6.20 Å². The lowest BCUT2D eigenvalue weighted by Crippen LogP contribution is -2.14. The minimum atomic E-state index is -0.781. The summed E-state index contributed by atoms with van der Waals surface area (Å²) in [6, 6.07) is 11.0. The van der Waals surface area contributed by atoms with E-state index in [0.29, 0.717) is 11.5 Å². The number of benzene rings is 1. The molecule has 1 aromatic carbocycles. The molecule has 0 spiro atoms. The van der Waals surface area contributed by atoms with E-state index >= 15 is 0 Å². The van der Waals surface area contributed by atoms with Crippen LogP contribution in [0.4, 0.5) is 5.82 Å². The number of aliphatic hydroxyl groups is 1. The lowest BCUT2D eigenvalue weighted by Gasteiger charge is -2.14. The van der Waals surface area contributed by atoms with Crippen LogP contribution in [-0.2, 0) is 9.53 Å². The number of aromatic nitrogens is 3. The molecule has 1 aliphatic heterocycles. The maximum atomic E-state index is 10.5. The van der Waals surface area contributed by atoms with Crippen molar-refractivity contribution >= 4 is 34.4 Å². The first-order chi connectivity index (χ1) is 14.9. The molecule has 2 unspecified atom stereocenters. The molecule has 9 heteroatoms. The maximum absolute atomic E-state index is 10.5. The predicted molar refractivity (Wildman–Crippen MR) is 120 cm³/mol. The van der Waals surface area contributed by atoms with Crippen molar-refractivity contribution in [1.82, 2.24) is 14.5 Å². The van der Waals surface area contributed by atoms with E-state index in [1.54, 1.807) is 6.92 Å². The van der Waals surface area contributed by atoms with Gasteiger partial charge < -0.3 is 25.3 Å². The standard InChI is InChI=1S/C11H13ClN4O2.C9H10O2.C2H2/c12-11-14-9(13)7-3-4-16(10(7)15-11)8-2-1-6(5-17)18-8;1-7(9(10)11)8-5-3-2-4-6-8;1-2/h3-4,6,8,17H,1-2,5H2,(H2,13,14,15);2-7H,1H3,(H,10,11);1-2H/t6?,8-;;/m1../s1. The van der Waals surface area contributed by atoms with E-state index in [1.165, 1.54) is 0 Å². The average Bonchev–Trinajstić information content (AvgIpc) is 3.42. The van der Waals surface area contributed by atoms with E-state index in [-0.39, 0.29) is 24.2 Å². The third-order valence-corrected chi connectivity index (χ3v) is 5.01. The molecule has 0 saturated carbocycles. The molecular formula is C22H25ClN4O4. The molecule has 3 atom stereocenters. The smallest absolute Gasteiger partial charge is 0.310 e. The summed E-state index contributed by atoms with van der Waals surface area (Å²) >= 11 is 5.82. The number of nitrogens with zero attached hydrogens (tertiary/aromatic N) is 3. The van der Waals surface area contributed by atoms with Gasteiger partial charge in [-0.15, -0.1) is 12.8 Å². The molecule has 164 valence electrons. The second-order valence-electron chi connectivity index (χ2n) is 6.78. The number of aliphatic carboxylic acids is 1. The summed E-state index contributed by atoms with van der Waals surface area (Å²) in [6.45, 7) is 1.71. The summed E-state index contributed by atoms with van der Waals surface area (Å²) in [5.41, 5.74) is 7.30. The molecule has 2 aromatic heterocycles. The molecule has 4 rings (SSSR count). The highest BCUT2D eigenvalue weighted by Gasteiger charge is 2.27. The Morgan fingerprint density at radius 1 is 1.29 bits per heavy atom. The number of carbonyl (C=O) groups is 1. The minimum absolute atomic E-state index is 0.0353.